The van der Waals surface area contributed by atoms with Crippen LogP contribution in [-0.2, 0) is 9.53 Å². The van der Waals surface area contributed by atoms with Crippen LogP contribution in [0.15, 0.2) is 23.0 Å². The molecule has 0 saturated heterocycles. The molecule has 0 N–H and O–H groups in total. The maximum absolute atomic E-state index is 12.5. The second kappa shape index (κ2) is 3.74. The van der Waals surface area contributed by atoms with E-state index >= 15 is 0 Å². The zero-order chi connectivity index (χ0) is 13.2. The minimum absolute atomic E-state index is 0.0770. The molecular formula is C17H22O2. The molecule has 0 amide bonds. The molecule has 0 spiro atoms. The summed E-state index contributed by atoms with van der Waals surface area (Å²) in [5.41, 5.74) is 2.72. The number of rotatable bonds is 0. The van der Waals surface area contributed by atoms with Crippen LogP contribution in [0, 0.1) is 17.3 Å². The van der Waals surface area contributed by atoms with Crippen molar-refractivity contribution in [3.63, 3.8) is 0 Å². The Morgan fingerprint density at radius 3 is 2.95 bits per heavy atom. The summed E-state index contributed by atoms with van der Waals surface area (Å²) in [5.74, 6) is 2.36. The van der Waals surface area contributed by atoms with Crippen LogP contribution in [0.5, 0.6) is 0 Å². The van der Waals surface area contributed by atoms with E-state index < -0.39 is 0 Å². The van der Waals surface area contributed by atoms with Gasteiger partial charge in [-0.15, -0.1) is 0 Å². The van der Waals surface area contributed by atoms with Gasteiger partial charge in [-0.3, -0.25) is 4.79 Å². The first-order valence-electron chi connectivity index (χ1n) is 7.69. The standard InChI is InChI=1S/C17H22O2/c1-17(2)8-12(18)16-14(9-17)19-13-7-10-5-3-4-6-11(10)15(13)16/h7,11,13,15H,3-6,8-9H2,1-2H3/t11-,13+,15-/m0/s1. The molecule has 102 valence electrons. The van der Waals surface area contributed by atoms with Crippen molar-refractivity contribution < 1.29 is 9.53 Å². The molecule has 0 aromatic rings. The molecule has 4 aliphatic rings. The summed E-state index contributed by atoms with van der Waals surface area (Å²) in [6.07, 6.45) is 9.26. The van der Waals surface area contributed by atoms with Crippen molar-refractivity contribution in [2.75, 3.05) is 0 Å². The van der Waals surface area contributed by atoms with Crippen LogP contribution in [0.3, 0.4) is 0 Å². The summed E-state index contributed by atoms with van der Waals surface area (Å²) in [6.45, 7) is 4.35. The average molecular weight is 258 g/mol. The van der Waals surface area contributed by atoms with Gasteiger partial charge in [0.2, 0.25) is 0 Å². The zero-order valence-corrected chi connectivity index (χ0v) is 11.9. The predicted octanol–water partition coefficient (Wildman–Crippen LogP) is 3.77. The second-order valence-electron chi connectivity index (χ2n) is 7.48. The van der Waals surface area contributed by atoms with E-state index in [0.29, 0.717) is 24.0 Å². The van der Waals surface area contributed by atoms with E-state index in [4.69, 9.17) is 4.74 Å². The predicted molar refractivity (Wildman–Crippen MR) is 73.5 cm³/mol. The van der Waals surface area contributed by atoms with Crippen molar-refractivity contribution in [3.05, 3.63) is 23.0 Å². The second-order valence-corrected chi connectivity index (χ2v) is 7.48. The SMILES string of the molecule is CC1(C)CC(=O)C2=C(C1)O[C@@H]1C=C3CCCC[C@@H]3[C@H]21. The van der Waals surface area contributed by atoms with Crippen molar-refractivity contribution >= 4 is 5.78 Å². The lowest BCUT2D eigenvalue weighted by Gasteiger charge is -2.31. The highest BCUT2D eigenvalue weighted by molar-refractivity contribution is 5.98. The third-order valence-electron chi connectivity index (χ3n) is 5.36. The van der Waals surface area contributed by atoms with Gasteiger partial charge >= 0.3 is 0 Å². The minimum atomic E-state index is 0.0770. The Morgan fingerprint density at radius 2 is 2.11 bits per heavy atom. The summed E-state index contributed by atoms with van der Waals surface area (Å²) in [6, 6.07) is 0. The van der Waals surface area contributed by atoms with Crippen molar-refractivity contribution in [2.24, 2.45) is 17.3 Å². The topological polar surface area (TPSA) is 26.3 Å². The van der Waals surface area contributed by atoms with E-state index in [2.05, 4.69) is 19.9 Å². The Hall–Kier alpha value is -1.05. The molecule has 3 atom stereocenters. The minimum Gasteiger partial charge on any atom is -0.490 e. The normalized spacial score (nSPS) is 39.4. The summed E-state index contributed by atoms with van der Waals surface area (Å²) in [4.78, 5) is 12.5. The number of allylic oxidation sites excluding steroid dienone is 2. The smallest absolute Gasteiger partial charge is 0.163 e. The van der Waals surface area contributed by atoms with E-state index in [0.717, 1.165) is 17.8 Å². The van der Waals surface area contributed by atoms with E-state index in [1.54, 1.807) is 5.57 Å². The zero-order valence-electron chi connectivity index (χ0n) is 11.9. The first kappa shape index (κ1) is 11.7. The lowest BCUT2D eigenvalue weighted by molar-refractivity contribution is -0.118. The fraction of sp³-hybridized carbons (Fsp3) is 0.706. The molecule has 0 aromatic heterocycles. The fourth-order valence-corrected chi connectivity index (χ4v) is 4.62. The number of ketones is 1. The molecule has 1 fully saturated rings. The van der Waals surface area contributed by atoms with Gasteiger partial charge in [-0.05, 0) is 36.7 Å². The van der Waals surface area contributed by atoms with E-state index in [1.165, 1.54) is 25.7 Å². The average Bonchev–Trinajstić information content (AvgIpc) is 2.81. The Morgan fingerprint density at radius 1 is 1.26 bits per heavy atom. The van der Waals surface area contributed by atoms with Gasteiger partial charge in [0.1, 0.15) is 11.9 Å². The molecule has 19 heavy (non-hydrogen) atoms. The first-order valence-corrected chi connectivity index (χ1v) is 7.69. The number of fused-ring (bicyclic) bond motifs is 4. The van der Waals surface area contributed by atoms with Gasteiger partial charge in [-0.25, -0.2) is 0 Å². The van der Waals surface area contributed by atoms with Crippen molar-refractivity contribution in [1.82, 2.24) is 0 Å². The number of ether oxygens (including phenoxy) is 1. The highest BCUT2D eigenvalue weighted by Gasteiger charge is 2.51. The molecule has 0 aromatic carbocycles. The van der Waals surface area contributed by atoms with Crippen LogP contribution in [-0.4, -0.2) is 11.9 Å². The van der Waals surface area contributed by atoms with Crippen molar-refractivity contribution in [2.45, 2.75) is 58.5 Å². The molecule has 4 rings (SSSR count). The summed E-state index contributed by atoms with van der Waals surface area (Å²) < 4.78 is 6.17. The van der Waals surface area contributed by atoms with Crippen molar-refractivity contribution in [1.29, 1.82) is 0 Å². The monoisotopic (exact) mass is 258 g/mol. The lowest BCUT2D eigenvalue weighted by Crippen LogP contribution is -2.29. The molecule has 1 saturated carbocycles. The summed E-state index contributed by atoms with van der Waals surface area (Å²) >= 11 is 0. The number of Topliss-reactive ketones (excluding diaryl/α,β-unsaturated/α-hetero) is 1. The van der Waals surface area contributed by atoms with Crippen LogP contribution < -0.4 is 0 Å². The molecule has 2 nitrogen and oxygen atoms in total. The molecule has 0 radical (unpaired) electrons. The van der Waals surface area contributed by atoms with Gasteiger partial charge < -0.3 is 4.74 Å². The van der Waals surface area contributed by atoms with Crippen LogP contribution in [0.4, 0.5) is 0 Å². The molecule has 0 bridgehead atoms. The van der Waals surface area contributed by atoms with Gasteiger partial charge in [0.05, 0.1) is 0 Å². The fourth-order valence-electron chi connectivity index (χ4n) is 4.62. The Balaban J connectivity index is 1.70. The maximum atomic E-state index is 12.5. The van der Waals surface area contributed by atoms with Gasteiger partial charge in [0.15, 0.2) is 5.78 Å². The van der Waals surface area contributed by atoms with Gasteiger partial charge in [-0.2, -0.15) is 0 Å². The van der Waals surface area contributed by atoms with Gasteiger partial charge in [-0.1, -0.05) is 25.8 Å². The van der Waals surface area contributed by atoms with E-state index in [-0.39, 0.29) is 11.5 Å². The maximum Gasteiger partial charge on any atom is 0.163 e. The summed E-state index contributed by atoms with van der Waals surface area (Å²) in [7, 11) is 0. The van der Waals surface area contributed by atoms with E-state index in [1.807, 2.05) is 0 Å². The van der Waals surface area contributed by atoms with Crippen LogP contribution >= 0.6 is 0 Å². The van der Waals surface area contributed by atoms with Gasteiger partial charge in [0, 0.05) is 24.3 Å². The molecule has 3 aliphatic carbocycles. The highest BCUT2D eigenvalue weighted by Crippen LogP contribution is 2.54. The van der Waals surface area contributed by atoms with Crippen LogP contribution in [0.1, 0.15) is 52.4 Å². The van der Waals surface area contributed by atoms with Crippen LogP contribution in [0.2, 0.25) is 0 Å². The number of hydrogen-bond acceptors (Lipinski definition) is 2. The highest BCUT2D eigenvalue weighted by atomic mass is 16.5. The Bertz CT molecular complexity index is 509. The Labute approximate surface area is 114 Å². The number of carbonyl (C=O) groups is 1. The molecule has 1 aliphatic heterocycles. The molecule has 0 unspecified atom stereocenters. The summed E-state index contributed by atoms with van der Waals surface area (Å²) in [5, 5.41) is 0. The van der Waals surface area contributed by atoms with Gasteiger partial charge in [0.25, 0.3) is 0 Å². The first-order chi connectivity index (χ1) is 9.05. The molecular weight excluding hydrogens is 236 g/mol. The number of hydrogen-bond donors (Lipinski definition) is 0. The lowest BCUT2D eigenvalue weighted by atomic mass is 9.70. The molecule has 1 heterocycles. The Kier molecular flexibility index (Phi) is 2.31. The van der Waals surface area contributed by atoms with Crippen molar-refractivity contribution in [3.8, 4) is 0 Å². The largest absolute Gasteiger partial charge is 0.490 e. The molecule has 2 heteroatoms. The quantitative estimate of drug-likeness (QED) is 0.618. The third-order valence-corrected chi connectivity index (χ3v) is 5.36. The van der Waals surface area contributed by atoms with E-state index in [9.17, 15) is 4.79 Å². The third kappa shape index (κ3) is 1.65. The number of carbonyl (C=O) groups excluding carboxylic acids is 1. The van der Waals surface area contributed by atoms with Crippen LogP contribution in [0.25, 0.3) is 0 Å².